The summed E-state index contributed by atoms with van der Waals surface area (Å²) in [4.78, 5) is 44.9. The van der Waals surface area contributed by atoms with E-state index in [2.05, 4.69) is 281 Å². The highest BCUT2D eigenvalue weighted by molar-refractivity contribution is 6.20. The van der Waals surface area contributed by atoms with Crippen LogP contribution in [0, 0.1) is 11.3 Å². The number of fused-ring (bicyclic) bond motifs is 21. The Morgan fingerprint density at radius 1 is 0.230 bits per heavy atom. The van der Waals surface area contributed by atoms with Gasteiger partial charge in [-0.2, -0.15) is 0 Å². The van der Waals surface area contributed by atoms with Crippen molar-refractivity contribution in [2.45, 2.75) is 91.4 Å². The van der Waals surface area contributed by atoms with E-state index >= 15 is 0 Å². The molecule has 12 heteroatoms. The molecule has 26 rings (SSSR count). The van der Waals surface area contributed by atoms with Crippen LogP contribution in [0.1, 0.15) is 109 Å². The van der Waals surface area contributed by atoms with Gasteiger partial charge in [0.05, 0.1) is 0 Å². The average molecular weight is 1800 g/mol. The van der Waals surface area contributed by atoms with E-state index < -0.39 is 0 Å². The molecule has 6 aromatic heterocycles. The summed E-state index contributed by atoms with van der Waals surface area (Å²) in [6, 6.07) is 137. The second-order valence-corrected chi connectivity index (χ2v) is 38.4. The van der Waals surface area contributed by atoms with Crippen LogP contribution in [0.3, 0.4) is 0 Å². The molecule has 668 valence electrons. The van der Waals surface area contributed by atoms with Crippen LogP contribution in [-0.2, 0) is 16.2 Å². The van der Waals surface area contributed by atoms with Crippen molar-refractivity contribution in [1.82, 2.24) is 44.9 Å². The monoisotopic (exact) mass is 1800 g/mol. The van der Waals surface area contributed by atoms with E-state index in [-0.39, 0.29) is 21.7 Å². The standard InChI is InChI=1S/C45H35N3O.C44H33N3O.C38H29N3O/c1-44(2,3)45(4)34-20-13-19-32(38(34)40-35(45)26-27-37-39(40)33-18-11-12-21-36(33)49-37)28-22-24-31(25-23-28)43-47-41(29-14-7-5-8-15-29)46-42(48-43)30-16-9-6-10-17-30;1-27(2)44(3)34-22-13-21-32(38(34)40-35(44)24-25-37-39(40)33-20-10-11-23-36(33)48-37)30-18-12-19-31(26-30)43-46-41(28-14-6-4-7-15-28)45-42(47-43)29-16-8-5-9-17-29;1-3-38(4-2)28-20-13-19-27(32(28)34-29(38)22-23-31-33(34)26-18-11-12-21-30(26)42-31)37-40-35(24-14-7-5-8-15-24)39-36(41-37)25-16-9-6-10-17-25/h5-27H,1-4H3;4-27H,1-3H3;5-23H,3-4H2,1-2H3. The molecule has 3 aliphatic carbocycles. The van der Waals surface area contributed by atoms with Gasteiger partial charge in [0.25, 0.3) is 0 Å². The van der Waals surface area contributed by atoms with Crippen molar-refractivity contribution in [3.8, 4) is 158 Å². The van der Waals surface area contributed by atoms with Crippen LogP contribution in [0.15, 0.2) is 408 Å². The minimum atomic E-state index is -0.202. The molecular formula is C127H97N9O3. The van der Waals surface area contributed by atoms with Crippen LogP contribution >= 0.6 is 0 Å². The maximum absolute atomic E-state index is 6.42. The van der Waals surface area contributed by atoms with Gasteiger partial charge in [-0.25, -0.2) is 44.9 Å². The Morgan fingerprint density at radius 2 is 0.496 bits per heavy atom. The fraction of sp³-hybridized carbons (Fsp3) is 0.126. The highest BCUT2D eigenvalue weighted by atomic mass is 16.3. The van der Waals surface area contributed by atoms with E-state index in [1.807, 2.05) is 176 Å². The smallest absolute Gasteiger partial charge is 0.164 e. The quantitative estimate of drug-likeness (QED) is 0.102. The molecule has 12 nitrogen and oxygen atoms in total. The Bertz CT molecular complexity index is 8570. The van der Waals surface area contributed by atoms with Gasteiger partial charge in [0.2, 0.25) is 0 Å². The number of para-hydroxylation sites is 3. The predicted molar refractivity (Wildman–Crippen MR) is 566 cm³/mol. The van der Waals surface area contributed by atoms with Crippen LogP contribution in [-0.4, -0.2) is 44.9 Å². The summed E-state index contributed by atoms with van der Waals surface area (Å²) in [5.41, 5.74) is 34.0. The van der Waals surface area contributed by atoms with Crippen LogP contribution in [0.5, 0.6) is 0 Å². The first-order chi connectivity index (χ1) is 68.0. The molecule has 23 aromatic rings. The summed E-state index contributed by atoms with van der Waals surface area (Å²) in [7, 11) is 0. The van der Waals surface area contributed by atoms with Gasteiger partial charge in [0, 0.05) is 98.6 Å². The van der Waals surface area contributed by atoms with Gasteiger partial charge >= 0.3 is 0 Å². The Hall–Kier alpha value is -16.8. The first kappa shape index (κ1) is 85.1. The van der Waals surface area contributed by atoms with Gasteiger partial charge in [-0.3, -0.25) is 0 Å². The molecular weight excluding hydrogens is 1700 g/mol. The number of furan rings is 3. The van der Waals surface area contributed by atoms with Crippen molar-refractivity contribution in [3.05, 3.63) is 428 Å². The highest BCUT2D eigenvalue weighted by Gasteiger charge is 2.50. The highest BCUT2D eigenvalue weighted by Crippen LogP contribution is 2.64. The van der Waals surface area contributed by atoms with E-state index in [1.54, 1.807) is 0 Å². The van der Waals surface area contributed by atoms with Crippen LogP contribution in [0.25, 0.3) is 224 Å². The Morgan fingerprint density at radius 3 is 0.899 bits per heavy atom. The van der Waals surface area contributed by atoms with Crippen LogP contribution in [0.4, 0.5) is 0 Å². The second kappa shape index (κ2) is 33.9. The zero-order valence-corrected chi connectivity index (χ0v) is 78.8. The molecule has 3 aliphatic rings. The van der Waals surface area contributed by atoms with E-state index in [1.165, 1.54) is 94.0 Å². The maximum Gasteiger partial charge on any atom is 0.164 e. The van der Waals surface area contributed by atoms with E-state index in [9.17, 15) is 0 Å². The summed E-state index contributed by atoms with van der Waals surface area (Å²) in [5, 5.41) is 6.99. The number of nitrogens with zero attached hydrogens (tertiary/aromatic N) is 9. The van der Waals surface area contributed by atoms with Crippen LogP contribution in [0.2, 0.25) is 0 Å². The summed E-state index contributed by atoms with van der Waals surface area (Å²) < 4.78 is 19.2. The number of benzene rings is 17. The van der Waals surface area contributed by atoms with Crippen molar-refractivity contribution in [2.24, 2.45) is 11.3 Å². The van der Waals surface area contributed by atoms with Crippen LogP contribution < -0.4 is 0 Å². The molecule has 0 radical (unpaired) electrons. The molecule has 0 saturated carbocycles. The zero-order valence-electron chi connectivity index (χ0n) is 78.8. The lowest BCUT2D eigenvalue weighted by atomic mass is 9.62. The van der Waals surface area contributed by atoms with Gasteiger partial charge < -0.3 is 13.3 Å². The lowest BCUT2D eigenvalue weighted by Crippen LogP contribution is -2.36. The molecule has 0 aliphatic heterocycles. The van der Waals surface area contributed by atoms with Gasteiger partial charge in [-0.1, -0.05) is 414 Å². The molecule has 0 bridgehead atoms. The molecule has 2 unspecified atom stereocenters. The molecule has 6 heterocycles. The molecule has 139 heavy (non-hydrogen) atoms. The number of aromatic nitrogens is 9. The third-order valence-corrected chi connectivity index (χ3v) is 29.9. The lowest BCUT2D eigenvalue weighted by molar-refractivity contribution is 0.255. The minimum absolute atomic E-state index is 0.0334. The fourth-order valence-corrected chi connectivity index (χ4v) is 22.2. The van der Waals surface area contributed by atoms with E-state index in [0.29, 0.717) is 58.3 Å². The number of hydrogen-bond donors (Lipinski definition) is 0. The minimum Gasteiger partial charge on any atom is -0.456 e. The summed E-state index contributed by atoms with van der Waals surface area (Å²) in [5.74, 6) is 6.31. The maximum atomic E-state index is 6.42. The zero-order chi connectivity index (χ0) is 94.0. The number of rotatable bonds is 14. The fourth-order valence-electron chi connectivity index (χ4n) is 22.2. The Balaban J connectivity index is 0.000000114. The first-order valence-electron chi connectivity index (χ1n) is 48.1. The number of hydrogen-bond acceptors (Lipinski definition) is 12. The van der Waals surface area contributed by atoms with E-state index in [4.69, 9.17) is 58.1 Å². The van der Waals surface area contributed by atoms with Gasteiger partial charge in [0.15, 0.2) is 52.4 Å². The molecule has 0 spiro atoms. The topological polar surface area (TPSA) is 155 Å². The first-order valence-corrected chi connectivity index (χ1v) is 48.1. The summed E-state index contributed by atoms with van der Waals surface area (Å²) >= 11 is 0. The Kier molecular flexibility index (Phi) is 20.8. The molecule has 0 saturated heterocycles. The SMILES string of the molecule is CC(C)(C)C1(C)c2cccc(-c3ccc(-c4nc(-c5ccccc5)nc(-c5ccccc5)n4)cc3)c2-c2c1ccc1oc3ccccc3c21.CC(C)C1(C)c2cccc(-c3cccc(-c4nc(-c5ccccc5)nc(-c5ccccc5)n4)c3)c2-c2c1ccc1oc3ccccc3c21.CCC1(CC)c2cccc(-c3nc(-c4ccccc4)nc(-c4ccccc4)n3)c2-c2c1ccc1oc3ccccc3c21. The van der Waals surface area contributed by atoms with Gasteiger partial charge in [-0.05, 0) is 156 Å². The normalized spacial score (nSPS) is 14.7. The van der Waals surface area contributed by atoms with Gasteiger partial charge in [-0.15, -0.1) is 0 Å². The third kappa shape index (κ3) is 14.0. The van der Waals surface area contributed by atoms with Crippen molar-refractivity contribution in [2.75, 3.05) is 0 Å². The molecule has 0 amide bonds. The molecule has 2 atom stereocenters. The van der Waals surface area contributed by atoms with Crippen molar-refractivity contribution in [3.63, 3.8) is 0 Å². The van der Waals surface area contributed by atoms with Gasteiger partial charge in [0.1, 0.15) is 33.5 Å². The van der Waals surface area contributed by atoms with E-state index in [0.717, 1.165) is 124 Å². The predicted octanol–water partition coefficient (Wildman–Crippen LogP) is 33.0. The Labute approximate surface area is 807 Å². The van der Waals surface area contributed by atoms with Crippen molar-refractivity contribution in [1.29, 1.82) is 0 Å². The third-order valence-electron chi connectivity index (χ3n) is 29.9. The van der Waals surface area contributed by atoms with Crippen molar-refractivity contribution < 1.29 is 13.3 Å². The lowest BCUT2D eigenvalue weighted by Gasteiger charge is -2.41. The molecule has 0 fully saturated rings. The molecule has 17 aromatic carbocycles. The average Bonchev–Trinajstić information content (AvgIpc) is 1.49. The largest absolute Gasteiger partial charge is 0.456 e. The van der Waals surface area contributed by atoms with Crippen molar-refractivity contribution >= 4 is 65.8 Å². The summed E-state index contributed by atoms with van der Waals surface area (Å²) in [6.45, 7) is 21.1. The molecule has 0 N–H and O–H groups in total. The second-order valence-electron chi connectivity index (χ2n) is 38.4. The summed E-state index contributed by atoms with van der Waals surface area (Å²) in [6.07, 6.45) is 1.99.